The van der Waals surface area contributed by atoms with Crippen LogP contribution in [0.4, 0.5) is 0 Å². The number of nitrogens with one attached hydrogen (secondary N) is 2. The summed E-state index contributed by atoms with van der Waals surface area (Å²) in [7, 11) is 0. The second-order valence-electron chi connectivity index (χ2n) is 6.26. The highest BCUT2D eigenvalue weighted by molar-refractivity contribution is 5.85. The Morgan fingerprint density at radius 2 is 1.95 bits per heavy atom. The quantitative estimate of drug-likeness (QED) is 0.898. The van der Waals surface area contributed by atoms with Gasteiger partial charge in [0.15, 0.2) is 0 Å². The summed E-state index contributed by atoms with van der Waals surface area (Å²) >= 11 is 0. The predicted octanol–water partition coefficient (Wildman–Crippen LogP) is 2.65. The molecule has 1 atom stereocenters. The largest absolute Gasteiger partial charge is 0.355 e. The maximum absolute atomic E-state index is 12.2. The third kappa shape index (κ3) is 3.58. The zero-order valence-electron chi connectivity index (χ0n) is 12.4. The molecule has 2 fully saturated rings. The summed E-state index contributed by atoms with van der Waals surface area (Å²) in [6.45, 7) is 2.61. The van der Waals surface area contributed by atoms with Crippen LogP contribution in [0, 0.1) is 5.92 Å². The highest BCUT2D eigenvalue weighted by Crippen LogP contribution is 2.40. The zero-order chi connectivity index (χ0) is 13.8. The smallest absolute Gasteiger partial charge is 0.224 e. The maximum Gasteiger partial charge on any atom is 0.224 e. The van der Waals surface area contributed by atoms with Crippen LogP contribution >= 0.6 is 12.4 Å². The predicted molar refractivity (Wildman–Crippen MR) is 87.8 cm³/mol. The normalized spacial score (nSPS) is 23.5. The number of carbonyl (C=O) groups is 1. The first-order valence-corrected chi connectivity index (χ1v) is 7.84. The van der Waals surface area contributed by atoms with Gasteiger partial charge in [0.2, 0.25) is 5.91 Å². The van der Waals surface area contributed by atoms with E-state index in [1.54, 1.807) is 0 Å². The summed E-state index contributed by atoms with van der Waals surface area (Å²) in [5.41, 5.74) is 1.56. The van der Waals surface area contributed by atoms with Crippen LogP contribution in [-0.2, 0) is 10.2 Å². The van der Waals surface area contributed by atoms with Gasteiger partial charge in [0.25, 0.3) is 0 Å². The van der Waals surface area contributed by atoms with Gasteiger partial charge in [0, 0.05) is 18.5 Å². The molecule has 4 heteroatoms. The average Bonchev–Trinajstić information content (AvgIpc) is 3.18. The second kappa shape index (κ2) is 7.28. The Hall–Kier alpha value is -1.06. The Labute approximate surface area is 133 Å². The van der Waals surface area contributed by atoms with Gasteiger partial charge in [-0.15, -0.1) is 12.4 Å². The minimum absolute atomic E-state index is 0. The summed E-state index contributed by atoms with van der Waals surface area (Å²) in [5, 5.41) is 6.49. The van der Waals surface area contributed by atoms with Gasteiger partial charge in [-0.2, -0.15) is 0 Å². The SMILES string of the molecule is Cl.O=C(NCC1(c2ccccc2)CCCC1)C1CCNC1. The van der Waals surface area contributed by atoms with Crippen LogP contribution in [0.2, 0.25) is 0 Å². The third-order valence-electron chi connectivity index (χ3n) is 4.98. The van der Waals surface area contributed by atoms with Crippen molar-refractivity contribution in [2.24, 2.45) is 5.92 Å². The van der Waals surface area contributed by atoms with Crippen LogP contribution in [0.1, 0.15) is 37.7 Å². The molecule has 3 nitrogen and oxygen atoms in total. The molecule has 1 saturated heterocycles. The molecular weight excluding hydrogens is 284 g/mol. The van der Waals surface area contributed by atoms with Crippen LogP contribution in [0.5, 0.6) is 0 Å². The summed E-state index contributed by atoms with van der Waals surface area (Å²) in [6, 6.07) is 10.7. The molecule has 1 heterocycles. The van der Waals surface area contributed by atoms with Gasteiger partial charge in [-0.05, 0) is 31.4 Å². The van der Waals surface area contributed by atoms with Crippen molar-refractivity contribution < 1.29 is 4.79 Å². The van der Waals surface area contributed by atoms with E-state index in [0.29, 0.717) is 0 Å². The summed E-state index contributed by atoms with van der Waals surface area (Å²) in [6.07, 6.45) is 5.91. The Morgan fingerprint density at radius 3 is 2.57 bits per heavy atom. The summed E-state index contributed by atoms with van der Waals surface area (Å²) < 4.78 is 0. The van der Waals surface area contributed by atoms with Gasteiger partial charge >= 0.3 is 0 Å². The Kier molecular flexibility index (Phi) is 5.65. The minimum Gasteiger partial charge on any atom is -0.355 e. The molecule has 1 saturated carbocycles. The molecule has 1 aliphatic heterocycles. The van der Waals surface area contributed by atoms with Crippen molar-refractivity contribution in [3.63, 3.8) is 0 Å². The Balaban J connectivity index is 0.00000161. The van der Waals surface area contributed by atoms with Gasteiger partial charge < -0.3 is 10.6 Å². The van der Waals surface area contributed by atoms with Gasteiger partial charge in [0.1, 0.15) is 0 Å². The van der Waals surface area contributed by atoms with E-state index in [9.17, 15) is 4.79 Å². The number of hydrogen-bond donors (Lipinski definition) is 2. The fourth-order valence-electron chi connectivity index (χ4n) is 3.69. The molecule has 1 unspecified atom stereocenters. The lowest BCUT2D eigenvalue weighted by atomic mass is 9.78. The highest BCUT2D eigenvalue weighted by atomic mass is 35.5. The fourth-order valence-corrected chi connectivity index (χ4v) is 3.69. The number of amides is 1. The molecular formula is C17H25ClN2O. The monoisotopic (exact) mass is 308 g/mol. The number of rotatable bonds is 4. The van der Waals surface area contributed by atoms with Gasteiger partial charge in [-0.1, -0.05) is 43.2 Å². The van der Waals surface area contributed by atoms with Crippen molar-refractivity contribution >= 4 is 18.3 Å². The van der Waals surface area contributed by atoms with E-state index in [-0.39, 0.29) is 29.6 Å². The second-order valence-corrected chi connectivity index (χ2v) is 6.26. The Bertz CT molecular complexity index is 451. The van der Waals surface area contributed by atoms with Crippen molar-refractivity contribution in [1.82, 2.24) is 10.6 Å². The van der Waals surface area contributed by atoms with Crippen molar-refractivity contribution in [3.8, 4) is 0 Å². The van der Waals surface area contributed by atoms with Gasteiger partial charge in [-0.25, -0.2) is 0 Å². The average molecular weight is 309 g/mol. The summed E-state index contributed by atoms with van der Waals surface area (Å²) in [5.74, 6) is 0.404. The van der Waals surface area contributed by atoms with Crippen molar-refractivity contribution in [2.45, 2.75) is 37.5 Å². The molecule has 1 aromatic rings. The van der Waals surface area contributed by atoms with E-state index < -0.39 is 0 Å². The molecule has 1 amide bonds. The molecule has 0 radical (unpaired) electrons. The lowest BCUT2D eigenvalue weighted by molar-refractivity contribution is -0.124. The van der Waals surface area contributed by atoms with Crippen LogP contribution in [0.3, 0.4) is 0 Å². The first kappa shape index (κ1) is 16.3. The lowest BCUT2D eigenvalue weighted by Gasteiger charge is -2.30. The van der Waals surface area contributed by atoms with E-state index >= 15 is 0 Å². The molecule has 1 aliphatic carbocycles. The van der Waals surface area contributed by atoms with Crippen LogP contribution in [0.15, 0.2) is 30.3 Å². The van der Waals surface area contributed by atoms with Crippen molar-refractivity contribution in [2.75, 3.05) is 19.6 Å². The fraction of sp³-hybridized carbons (Fsp3) is 0.588. The topological polar surface area (TPSA) is 41.1 Å². The first-order chi connectivity index (χ1) is 9.80. The first-order valence-electron chi connectivity index (χ1n) is 7.84. The van der Waals surface area contributed by atoms with E-state index in [4.69, 9.17) is 0 Å². The zero-order valence-corrected chi connectivity index (χ0v) is 13.3. The lowest BCUT2D eigenvalue weighted by Crippen LogP contribution is -2.41. The molecule has 1 aromatic carbocycles. The van der Waals surface area contributed by atoms with E-state index in [2.05, 4.69) is 41.0 Å². The van der Waals surface area contributed by atoms with Gasteiger partial charge in [-0.3, -0.25) is 4.79 Å². The number of hydrogen-bond acceptors (Lipinski definition) is 2. The van der Waals surface area contributed by atoms with Crippen LogP contribution in [-0.4, -0.2) is 25.5 Å². The molecule has 0 bridgehead atoms. The number of carbonyl (C=O) groups excluding carboxylic acids is 1. The van der Waals surface area contributed by atoms with E-state index in [0.717, 1.165) is 26.1 Å². The summed E-state index contributed by atoms with van der Waals surface area (Å²) in [4.78, 5) is 12.2. The molecule has 0 spiro atoms. The molecule has 2 aliphatic rings. The number of halogens is 1. The maximum atomic E-state index is 12.2. The molecule has 116 valence electrons. The van der Waals surface area contributed by atoms with Crippen molar-refractivity contribution in [3.05, 3.63) is 35.9 Å². The van der Waals surface area contributed by atoms with Gasteiger partial charge in [0.05, 0.1) is 5.92 Å². The van der Waals surface area contributed by atoms with Crippen molar-refractivity contribution in [1.29, 1.82) is 0 Å². The molecule has 0 aromatic heterocycles. The number of benzene rings is 1. The third-order valence-corrected chi connectivity index (χ3v) is 4.98. The van der Waals surface area contributed by atoms with E-state index in [1.807, 2.05) is 0 Å². The molecule has 3 rings (SSSR count). The Morgan fingerprint density at radius 1 is 1.24 bits per heavy atom. The van der Waals surface area contributed by atoms with Crippen LogP contribution < -0.4 is 10.6 Å². The van der Waals surface area contributed by atoms with Crippen LogP contribution in [0.25, 0.3) is 0 Å². The minimum atomic E-state index is 0. The van der Waals surface area contributed by atoms with E-state index in [1.165, 1.54) is 31.2 Å². The molecule has 2 N–H and O–H groups in total. The molecule has 21 heavy (non-hydrogen) atoms. The standard InChI is InChI=1S/C17H24N2O.ClH/c20-16(14-8-11-18-12-14)19-13-17(9-4-5-10-17)15-6-2-1-3-7-15;/h1-3,6-7,14,18H,4-5,8-13H2,(H,19,20);1H. The highest BCUT2D eigenvalue weighted by Gasteiger charge is 2.36.